The zero-order valence-corrected chi connectivity index (χ0v) is 26.9. The van der Waals surface area contributed by atoms with E-state index in [9.17, 15) is 0 Å². The van der Waals surface area contributed by atoms with Crippen LogP contribution >= 0.6 is 0 Å². The summed E-state index contributed by atoms with van der Waals surface area (Å²) in [5.74, 6) is 0. The van der Waals surface area contributed by atoms with Crippen molar-refractivity contribution in [1.29, 1.82) is 0 Å². The predicted molar refractivity (Wildman–Crippen MR) is 155 cm³/mol. The van der Waals surface area contributed by atoms with E-state index in [1.165, 1.54) is 35.9 Å². The first-order valence-corrected chi connectivity index (χ1v) is 17.2. The molecule has 1 aliphatic carbocycles. The number of rotatable bonds is 1. The second kappa shape index (κ2) is 11.2. The summed E-state index contributed by atoms with van der Waals surface area (Å²) in [7, 11) is -0.981. The van der Waals surface area contributed by atoms with Crippen molar-refractivity contribution in [1.82, 2.24) is 0 Å². The molecule has 0 spiro atoms. The maximum absolute atomic E-state index is 3.20. The van der Waals surface area contributed by atoms with Gasteiger partial charge in [-0.2, -0.15) is 6.08 Å². The number of hydrogen-bond acceptors (Lipinski definition) is 0. The van der Waals surface area contributed by atoms with Crippen LogP contribution < -0.4 is 0 Å². The Hall–Kier alpha value is -1.24. The predicted octanol–water partition coefficient (Wildman–Crippen LogP) is 9.61. The Morgan fingerprint density at radius 2 is 1.24 bits per heavy atom. The molecule has 0 saturated heterocycles. The molecule has 0 unspecified atom stereocenters. The van der Waals surface area contributed by atoms with Gasteiger partial charge in [0.2, 0.25) is 0 Å². The van der Waals surface area contributed by atoms with E-state index in [2.05, 4.69) is 136 Å². The summed E-state index contributed by atoms with van der Waals surface area (Å²) in [5, 5.41) is 7.04. The Kier molecular flexibility index (Phi) is 9.57. The van der Waals surface area contributed by atoms with Gasteiger partial charge in [0, 0.05) is 0 Å². The minimum absolute atomic E-state index is 0.194. The van der Waals surface area contributed by atoms with Crippen LogP contribution in [0.2, 0.25) is 19.6 Å². The molecular formula is C32H44SiZr. The summed E-state index contributed by atoms with van der Waals surface area (Å²) < 4.78 is 1.51. The summed E-state index contributed by atoms with van der Waals surface area (Å²) in [6.45, 7) is 25.0. The summed E-state index contributed by atoms with van der Waals surface area (Å²) >= 11 is 1.55. The van der Waals surface area contributed by atoms with E-state index in [0.29, 0.717) is 0 Å². The van der Waals surface area contributed by atoms with Crippen molar-refractivity contribution in [2.45, 2.75) is 92.3 Å². The molecule has 3 aromatic carbocycles. The second-order valence-electron chi connectivity index (χ2n) is 12.7. The smallest absolute Gasteiger partial charge is 0.0114 e. The topological polar surface area (TPSA) is 0 Å². The van der Waals surface area contributed by atoms with Gasteiger partial charge >= 0.3 is 41.3 Å². The van der Waals surface area contributed by atoms with Gasteiger partial charge in [-0.3, -0.25) is 6.08 Å². The molecule has 4 rings (SSSR count). The maximum Gasteiger partial charge on any atom is -0.0114 e. The molecule has 0 bridgehead atoms. The average molecular weight is 548 g/mol. The van der Waals surface area contributed by atoms with E-state index in [1.807, 2.05) is 0 Å². The van der Waals surface area contributed by atoms with E-state index in [4.69, 9.17) is 0 Å². The third-order valence-electron chi connectivity index (χ3n) is 6.00. The van der Waals surface area contributed by atoms with Crippen LogP contribution in [0, 0.1) is 6.08 Å². The Morgan fingerprint density at radius 3 is 1.50 bits per heavy atom. The molecule has 0 fully saturated rings. The molecule has 34 heavy (non-hydrogen) atoms. The van der Waals surface area contributed by atoms with E-state index in [0.717, 1.165) is 6.42 Å². The third kappa shape index (κ3) is 8.17. The van der Waals surface area contributed by atoms with Gasteiger partial charge in [-0.25, -0.2) is 11.3 Å². The molecular weight excluding hydrogens is 504 g/mol. The first-order valence-electron chi connectivity index (χ1n) is 12.4. The standard InChI is InChI=1S/C21H25.C8H13Si.C3H6.Zr/c1-20(2,3)16-9-7-14-11-15-8-10-17(21(4,5)6)13-19(15)18(14)12-16;1-9(2,3)8-6-4-5-7-8;1-3-2;/h7-13H,1-6H3;6-7H,4H2,1-3H3;1-2H3;/q2*-1;;+2. The van der Waals surface area contributed by atoms with Crippen LogP contribution in [-0.4, -0.2) is 11.3 Å². The van der Waals surface area contributed by atoms with Crippen molar-refractivity contribution in [2.24, 2.45) is 0 Å². The fourth-order valence-electron chi connectivity index (χ4n) is 3.85. The van der Waals surface area contributed by atoms with Gasteiger partial charge in [-0.1, -0.05) is 96.6 Å². The molecule has 0 N–H and O–H groups in total. The number of hydrogen-bond donors (Lipinski definition) is 0. The number of fused-ring (bicyclic) bond motifs is 3. The molecule has 0 aliphatic heterocycles. The van der Waals surface area contributed by atoms with Crippen molar-refractivity contribution in [3.05, 3.63) is 77.0 Å². The van der Waals surface area contributed by atoms with Crippen LogP contribution in [-0.2, 0) is 35.1 Å². The van der Waals surface area contributed by atoms with Gasteiger partial charge in [0.1, 0.15) is 0 Å². The van der Waals surface area contributed by atoms with Crippen molar-refractivity contribution in [2.75, 3.05) is 0 Å². The zero-order chi connectivity index (χ0) is 25.9. The quantitative estimate of drug-likeness (QED) is 0.210. The monoisotopic (exact) mass is 546 g/mol. The van der Waals surface area contributed by atoms with Crippen molar-refractivity contribution >= 4 is 32.8 Å². The SMILES string of the molecule is CC(C)(C)c1ccc2[cH-]c3ccc(C(C)(C)C)cc3c2c1.C[C](C)=[Zr+2].C[Si](C)(C)C1=CC[C-]=C1. The van der Waals surface area contributed by atoms with E-state index >= 15 is 0 Å². The van der Waals surface area contributed by atoms with Gasteiger partial charge in [-0.05, 0) is 18.9 Å². The van der Waals surface area contributed by atoms with Gasteiger partial charge in [-0.15, -0.1) is 46.2 Å². The van der Waals surface area contributed by atoms with E-state index < -0.39 is 8.07 Å². The third-order valence-corrected chi connectivity index (χ3v) is 8.08. The van der Waals surface area contributed by atoms with Gasteiger partial charge in [0.25, 0.3) is 0 Å². The number of allylic oxidation sites excluding steroid dienone is 4. The maximum atomic E-state index is 3.20. The first kappa shape index (κ1) is 29.0. The fourth-order valence-corrected chi connectivity index (χ4v) is 5.10. The molecule has 1 aliphatic rings. The van der Waals surface area contributed by atoms with Gasteiger partial charge < -0.3 is 0 Å². The van der Waals surface area contributed by atoms with E-state index in [-0.39, 0.29) is 10.8 Å². The molecule has 2 heteroatoms. The van der Waals surface area contributed by atoms with Gasteiger partial charge in [0.05, 0.1) is 0 Å². The Bertz CT molecular complexity index is 1130. The van der Waals surface area contributed by atoms with Gasteiger partial charge in [0.15, 0.2) is 0 Å². The van der Waals surface area contributed by atoms with E-state index in [1.54, 1.807) is 29.4 Å². The summed E-state index contributed by atoms with van der Waals surface area (Å²) in [6.07, 6.45) is 8.69. The van der Waals surface area contributed by atoms with Crippen LogP contribution in [0.1, 0.15) is 72.9 Å². The van der Waals surface area contributed by atoms with Crippen molar-refractivity contribution in [3.63, 3.8) is 0 Å². The molecule has 0 nitrogen and oxygen atoms in total. The molecule has 0 radical (unpaired) electrons. The van der Waals surface area contributed by atoms with Crippen LogP contribution in [0.25, 0.3) is 21.5 Å². The molecule has 3 aromatic rings. The normalized spacial score (nSPS) is 13.9. The largest absolute Gasteiger partial charge is 0.273 e. The molecule has 0 amide bonds. The second-order valence-corrected chi connectivity index (χ2v) is 20.2. The summed E-state index contributed by atoms with van der Waals surface area (Å²) in [4.78, 5) is 0. The molecule has 0 heterocycles. The zero-order valence-electron chi connectivity index (χ0n) is 23.4. The number of benzene rings is 2. The van der Waals surface area contributed by atoms with Crippen molar-refractivity contribution < 1.29 is 24.2 Å². The van der Waals surface area contributed by atoms with Crippen molar-refractivity contribution in [3.8, 4) is 0 Å². The first-order chi connectivity index (χ1) is 15.5. The van der Waals surface area contributed by atoms with Crippen LogP contribution in [0.5, 0.6) is 0 Å². The molecule has 0 atom stereocenters. The minimum atomic E-state index is -0.981. The fraction of sp³-hybridized carbons (Fsp3) is 0.438. The summed E-state index contributed by atoms with van der Waals surface area (Å²) in [6, 6.07) is 16.1. The average Bonchev–Trinajstić information content (AvgIpc) is 3.33. The summed E-state index contributed by atoms with van der Waals surface area (Å²) in [5.41, 5.74) is 3.20. The molecule has 0 aromatic heterocycles. The van der Waals surface area contributed by atoms with Crippen LogP contribution in [0.15, 0.2) is 59.8 Å². The minimum Gasteiger partial charge on any atom is -0.273 e. The Labute approximate surface area is 225 Å². The Balaban J connectivity index is 0.000000260. The molecule has 0 saturated carbocycles. The van der Waals surface area contributed by atoms with Crippen LogP contribution in [0.3, 0.4) is 0 Å². The van der Waals surface area contributed by atoms with Crippen LogP contribution in [0.4, 0.5) is 0 Å². The Morgan fingerprint density at radius 1 is 0.824 bits per heavy atom. The molecule has 180 valence electrons.